The molecule has 0 saturated carbocycles. The smallest absolute Gasteiger partial charge is 0.226 e. The number of alkyl halides is 10. The van der Waals surface area contributed by atoms with Crippen molar-refractivity contribution in [2.24, 2.45) is 32.5 Å². The van der Waals surface area contributed by atoms with Crippen LogP contribution in [0.3, 0.4) is 0 Å². The molecule has 0 saturated heterocycles. The fourth-order valence-electron chi connectivity index (χ4n) is 4.47. The molecule has 0 aromatic heterocycles. The molecule has 1 unspecified atom stereocenters. The molecule has 0 spiro atoms. The summed E-state index contributed by atoms with van der Waals surface area (Å²) in [5, 5.41) is 0. The largest absolute Gasteiger partial charge is 0.429 e. The fourth-order valence-corrected chi connectivity index (χ4v) is 4.47. The van der Waals surface area contributed by atoms with E-state index in [-0.39, 0.29) is 25.7 Å². The second-order valence-electron chi connectivity index (χ2n) is 14.9. The number of hydrogen-bond acceptors (Lipinski definition) is 0. The van der Waals surface area contributed by atoms with Crippen LogP contribution < -0.4 is 0 Å². The molecular formula is C27H46F10. The van der Waals surface area contributed by atoms with Gasteiger partial charge in [0.05, 0.1) is 0 Å². The normalized spacial score (nSPS) is 18.2. The molecule has 0 aliphatic rings. The SMILES string of the molecule is CC(C)(C)CCC(C)(C)C(C)(C)C(F)(F)C(F)(F)C(C)(C)C(C)(C)C(F)(C(F)(F)F)C(F)(F)C(C)(C)C. The first kappa shape index (κ1) is 36.3. The molecule has 0 aromatic carbocycles. The van der Waals surface area contributed by atoms with Gasteiger partial charge in [0, 0.05) is 21.7 Å². The minimum atomic E-state index is -6.36. The van der Waals surface area contributed by atoms with E-state index < -0.39 is 56.7 Å². The lowest BCUT2D eigenvalue weighted by Gasteiger charge is -2.60. The summed E-state index contributed by atoms with van der Waals surface area (Å²) >= 11 is 0. The van der Waals surface area contributed by atoms with E-state index in [4.69, 9.17) is 0 Å². The molecule has 1 atom stereocenters. The number of halogens is 10. The van der Waals surface area contributed by atoms with E-state index in [1.54, 1.807) is 0 Å². The maximum atomic E-state index is 16.1. The summed E-state index contributed by atoms with van der Waals surface area (Å²) in [5.74, 6) is -15.6. The Hall–Kier alpha value is -0.700. The van der Waals surface area contributed by atoms with Crippen molar-refractivity contribution in [3.05, 3.63) is 0 Å². The minimum Gasteiger partial charge on any atom is -0.226 e. The molecule has 37 heavy (non-hydrogen) atoms. The standard InChI is InChI=1S/C27H46F10/c1-17(2,3)15-16-19(7,8)20(9,10)25(31,32)26(33,34)22(13,14)21(11,12)23(28,27(35,36)37)24(29,30)18(4,5)6/h15-16H2,1-14H3. The highest BCUT2D eigenvalue weighted by atomic mass is 19.4. The van der Waals surface area contributed by atoms with Crippen molar-refractivity contribution in [1.29, 1.82) is 0 Å². The lowest BCUT2D eigenvalue weighted by atomic mass is 9.50. The van der Waals surface area contributed by atoms with Crippen molar-refractivity contribution in [3.8, 4) is 0 Å². The van der Waals surface area contributed by atoms with E-state index in [2.05, 4.69) is 0 Å². The van der Waals surface area contributed by atoms with E-state index in [0.717, 1.165) is 13.8 Å². The van der Waals surface area contributed by atoms with Crippen LogP contribution >= 0.6 is 0 Å². The molecule has 0 bridgehead atoms. The highest BCUT2D eigenvalue weighted by Crippen LogP contribution is 2.71. The summed E-state index contributed by atoms with van der Waals surface area (Å²) in [7, 11) is 0. The molecule has 0 amide bonds. The summed E-state index contributed by atoms with van der Waals surface area (Å²) < 4.78 is 153. The molecule has 0 N–H and O–H groups in total. The van der Waals surface area contributed by atoms with Crippen LogP contribution in [-0.2, 0) is 0 Å². The average molecular weight is 561 g/mol. The molecule has 0 nitrogen and oxygen atoms in total. The summed E-state index contributed by atoms with van der Waals surface area (Å²) in [6.07, 6.45) is -5.92. The van der Waals surface area contributed by atoms with Crippen LogP contribution in [0.2, 0.25) is 0 Å². The van der Waals surface area contributed by atoms with Crippen LogP contribution in [-0.4, -0.2) is 29.6 Å². The van der Waals surface area contributed by atoms with Gasteiger partial charge < -0.3 is 0 Å². The lowest BCUT2D eigenvalue weighted by molar-refractivity contribution is -0.401. The Kier molecular flexibility index (Phi) is 9.00. The van der Waals surface area contributed by atoms with Crippen molar-refractivity contribution in [3.63, 3.8) is 0 Å². The van der Waals surface area contributed by atoms with Gasteiger partial charge in [-0.15, -0.1) is 0 Å². The number of hydrogen-bond donors (Lipinski definition) is 0. The Morgan fingerprint density at radius 3 is 0.973 bits per heavy atom. The summed E-state index contributed by atoms with van der Waals surface area (Å²) in [4.78, 5) is 0. The van der Waals surface area contributed by atoms with Gasteiger partial charge in [-0.05, 0) is 23.7 Å². The monoisotopic (exact) mass is 560 g/mol. The zero-order valence-corrected chi connectivity index (χ0v) is 24.7. The van der Waals surface area contributed by atoms with Gasteiger partial charge in [-0.2, -0.15) is 30.7 Å². The van der Waals surface area contributed by atoms with Crippen molar-refractivity contribution in [2.45, 2.75) is 139 Å². The van der Waals surface area contributed by atoms with Crippen molar-refractivity contribution < 1.29 is 43.9 Å². The van der Waals surface area contributed by atoms with E-state index >= 15 is 30.7 Å². The maximum Gasteiger partial charge on any atom is 0.429 e. The van der Waals surface area contributed by atoms with Gasteiger partial charge in [0.15, 0.2) is 0 Å². The van der Waals surface area contributed by atoms with Gasteiger partial charge in [-0.1, -0.05) is 96.9 Å². The highest BCUT2D eigenvalue weighted by Gasteiger charge is 2.86. The number of rotatable bonds is 9. The predicted octanol–water partition coefficient (Wildman–Crippen LogP) is 11.1. The third-order valence-corrected chi connectivity index (χ3v) is 9.35. The van der Waals surface area contributed by atoms with Crippen molar-refractivity contribution in [2.75, 3.05) is 0 Å². The maximum absolute atomic E-state index is 16.1. The van der Waals surface area contributed by atoms with Gasteiger partial charge in [0.25, 0.3) is 11.6 Å². The Balaban J connectivity index is 7.23. The molecule has 0 aromatic rings. The van der Waals surface area contributed by atoms with Crippen LogP contribution in [0, 0.1) is 32.5 Å². The third-order valence-electron chi connectivity index (χ3n) is 9.35. The zero-order chi connectivity index (χ0) is 30.9. The first-order valence-corrected chi connectivity index (χ1v) is 12.3. The average Bonchev–Trinajstić information content (AvgIpc) is 2.62. The second-order valence-corrected chi connectivity index (χ2v) is 14.9. The fraction of sp³-hybridized carbons (Fsp3) is 1.00. The molecule has 0 aliphatic heterocycles. The van der Waals surface area contributed by atoms with E-state index in [0.29, 0.717) is 41.0 Å². The van der Waals surface area contributed by atoms with Gasteiger partial charge in [-0.3, -0.25) is 0 Å². The molecule has 0 fully saturated rings. The first-order chi connectivity index (χ1) is 15.5. The molecule has 0 aliphatic carbocycles. The summed E-state index contributed by atoms with van der Waals surface area (Å²) in [5.41, 5.74) is -19.9. The molecule has 10 heteroatoms. The quantitative estimate of drug-likeness (QED) is 0.246. The summed E-state index contributed by atoms with van der Waals surface area (Å²) in [6, 6.07) is 0. The van der Waals surface area contributed by atoms with Gasteiger partial charge in [0.2, 0.25) is 0 Å². The van der Waals surface area contributed by atoms with Gasteiger partial charge >= 0.3 is 18.0 Å². The van der Waals surface area contributed by atoms with Gasteiger partial charge in [0.1, 0.15) is 0 Å². The van der Waals surface area contributed by atoms with Crippen LogP contribution in [0.4, 0.5) is 43.9 Å². The lowest BCUT2D eigenvalue weighted by Crippen LogP contribution is -2.75. The van der Waals surface area contributed by atoms with Crippen molar-refractivity contribution >= 4 is 0 Å². The third kappa shape index (κ3) is 5.14. The zero-order valence-electron chi connectivity index (χ0n) is 24.7. The van der Waals surface area contributed by atoms with Crippen LogP contribution in [0.25, 0.3) is 0 Å². The van der Waals surface area contributed by atoms with Crippen LogP contribution in [0.1, 0.15) is 110 Å². The molecular weight excluding hydrogens is 514 g/mol. The van der Waals surface area contributed by atoms with Crippen molar-refractivity contribution in [1.82, 2.24) is 0 Å². The van der Waals surface area contributed by atoms with Crippen LogP contribution in [0.15, 0.2) is 0 Å². The Bertz CT molecular complexity index is 803. The molecule has 0 heterocycles. The molecule has 224 valence electrons. The minimum absolute atomic E-state index is 0.0662. The molecule has 0 rings (SSSR count). The first-order valence-electron chi connectivity index (χ1n) is 12.3. The summed E-state index contributed by atoms with van der Waals surface area (Å²) in [6.45, 7) is 12.9. The molecule has 0 radical (unpaired) electrons. The second kappa shape index (κ2) is 9.17. The van der Waals surface area contributed by atoms with E-state index in [1.807, 2.05) is 20.8 Å². The Morgan fingerprint density at radius 1 is 0.378 bits per heavy atom. The Morgan fingerprint density at radius 2 is 0.703 bits per heavy atom. The topological polar surface area (TPSA) is 0 Å². The van der Waals surface area contributed by atoms with Gasteiger partial charge in [-0.25, -0.2) is 13.2 Å². The van der Waals surface area contributed by atoms with E-state index in [9.17, 15) is 13.2 Å². The predicted molar refractivity (Wildman–Crippen MR) is 128 cm³/mol. The Labute approximate surface area is 216 Å². The van der Waals surface area contributed by atoms with Crippen LogP contribution in [0.5, 0.6) is 0 Å². The van der Waals surface area contributed by atoms with E-state index in [1.165, 1.54) is 13.8 Å². The highest BCUT2D eigenvalue weighted by molar-refractivity contribution is 5.20.